The minimum Gasteiger partial charge on any atom is -0.370 e. The highest BCUT2D eigenvalue weighted by Crippen LogP contribution is 2.36. The molecule has 0 saturated carbocycles. The molecule has 0 fully saturated rings. The highest BCUT2D eigenvalue weighted by atomic mass is 35.5. The molecular formula is C21H26ClN5S2. The van der Waals surface area contributed by atoms with Gasteiger partial charge in [-0.05, 0) is 63.5 Å². The van der Waals surface area contributed by atoms with Crippen LogP contribution in [0.4, 0.5) is 0 Å². The lowest BCUT2D eigenvalue weighted by atomic mass is 10.0. The lowest BCUT2D eigenvalue weighted by molar-refractivity contribution is 0.817. The molecule has 4 N–H and O–H groups in total. The molecule has 8 heteroatoms. The Labute approximate surface area is 185 Å². The number of aliphatic imine (C=N–C) groups is 2. The Bertz CT molecular complexity index is 1010. The zero-order chi connectivity index (χ0) is 21.1. The predicted molar refractivity (Wildman–Crippen MR) is 127 cm³/mol. The topological polar surface area (TPSA) is 74.8 Å². The molecule has 29 heavy (non-hydrogen) atoms. The quantitative estimate of drug-likeness (QED) is 0.581. The van der Waals surface area contributed by atoms with Gasteiger partial charge in [0.25, 0.3) is 0 Å². The standard InChI is InChI=1S/C11H14N2S.C10H12ClN3S/c1-7-5-12-6-13-11(7)10-4-8(2)14-9(10)3;1-5-3-7(6(2)15-5)9-8(11)4-13-10(12)14-9/h4-6,11H,1-3H3,(H,12,13);3-4,9H,1-2H3,(H3,12,13,14). The average Bonchev–Trinajstić information content (AvgIpc) is 3.18. The molecule has 4 rings (SSSR count). The summed E-state index contributed by atoms with van der Waals surface area (Å²) in [4.78, 5) is 14.0. The Morgan fingerprint density at radius 3 is 2.03 bits per heavy atom. The minimum absolute atomic E-state index is 0.141. The first kappa shape index (κ1) is 21.6. The molecule has 0 saturated heterocycles. The first-order valence-electron chi connectivity index (χ1n) is 9.30. The van der Waals surface area contributed by atoms with Crippen LogP contribution in [0.2, 0.25) is 0 Å². The fraction of sp³-hybridized carbons (Fsp3) is 0.333. The summed E-state index contributed by atoms with van der Waals surface area (Å²) >= 11 is 9.70. The lowest BCUT2D eigenvalue weighted by Gasteiger charge is -2.17. The van der Waals surface area contributed by atoms with Crippen molar-refractivity contribution in [1.82, 2.24) is 10.6 Å². The second-order valence-electron chi connectivity index (χ2n) is 7.06. The van der Waals surface area contributed by atoms with E-state index in [0.717, 1.165) is 5.56 Å². The van der Waals surface area contributed by atoms with Crippen LogP contribution in [0.3, 0.4) is 0 Å². The molecule has 2 aliphatic rings. The lowest BCUT2D eigenvalue weighted by Crippen LogP contribution is -2.31. The van der Waals surface area contributed by atoms with E-state index in [2.05, 4.69) is 67.4 Å². The summed E-state index contributed by atoms with van der Waals surface area (Å²) in [5.74, 6) is 0.410. The maximum atomic E-state index is 6.10. The number of hydrogen-bond donors (Lipinski definition) is 3. The average molecular weight is 448 g/mol. The van der Waals surface area contributed by atoms with E-state index >= 15 is 0 Å². The van der Waals surface area contributed by atoms with Gasteiger partial charge in [-0.15, -0.1) is 22.7 Å². The fourth-order valence-electron chi connectivity index (χ4n) is 3.33. The summed E-state index contributed by atoms with van der Waals surface area (Å²) in [6, 6.07) is 4.44. The Kier molecular flexibility index (Phi) is 6.82. The van der Waals surface area contributed by atoms with Gasteiger partial charge in [-0.1, -0.05) is 11.6 Å². The first-order chi connectivity index (χ1) is 13.8. The molecule has 0 aliphatic carbocycles. The van der Waals surface area contributed by atoms with Crippen LogP contribution in [-0.2, 0) is 0 Å². The van der Waals surface area contributed by atoms with Crippen LogP contribution in [0, 0.1) is 27.7 Å². The molecule has 0 aromatic carbocycles. The molecule has 0 radical (unpaired) electrons. The van der Waals surface area contributed by atoms with Gasteiger partial charge in [-0.25, -0.2) is 4.99 Å². The zero-order valence-electron chi connectivity index (χ0n) is 17.2. The third-order valence-corrected chi connectivity index (χ3v) is 6.95. The van der Waals surface area contributed by atoms with E-state index in [1.807, 2.05) is 17.5 Å². The third-order valence-electron chi connectivity index (χ3n) is 4.68. The number of aryl methyl sites for hydroxylation is 4. The molecule has 0 bridgehead atoms. The van der Waals surface area contributed by atoms with Crippen LogP contribution >= 0.6 is 34.3 Å². The van der Waals surface area contributed by atoms with E-state index in [0.29, 0.717) is 11.0 Å². The van der Waals surface area contributed by atoms with E-state index in [9.17, 15) is 0 Å². The number of halogens is 1. The highest BCUT2D eigenvalue weighted by molar-refractivity contribution is 7.12. The summed E-state index contributed by atoms with van der Waals surface area (Å²) in [5, 5.41) is 6.48. The van der Waals surface area contributed by atoms with Crippen molar-refractivity contribution in [1.29, 1.82) is 0 Å². The van der Waals surface area contributed by atoms with Crippen molar-refractivity contribution in [2.75, 3.05) is 0 Å². The van der Waals surface area contributed by atoms with Crippen molar-refractivity contribution in [2.45, 2.75) is 46.7 Å². The number of thiophene rings is 2. The summed E-state index contributed by atoms with van der Waals surface area (Å²) in [7, 11) is 0. The van der Waals surface area contributed by atoms with Crippen LogP contribution < -0.4 is 16.4 Å². The molecule has 2 unspecified atom stereocenters. The van der Waals surface area contributed by atoms with E-state index in [1.54, 1.807) is 23.9 Å². The smallest absolute Gasteiger partial charge is 0.193 e. The van der Waals surface area contributed by atoms with Gasteiger partial charge in [0.15, 0.2) is 5.96 Å². The summed E-state index contributed by atoms with van der Waals surface area (Å²) < 4.78 is 0. The molecule has 2 atom stereocenters. The number of hydrogen-bond acceptors (Lipinski definition) is 7. The Balaban J connectivity index is 0.000000166. The normalized spacial score (nSPS) is 20.6. The van der Waals surface area contributed by atoms with E-state index in [4.69, 9.17) is 17.3 Å². The molecular weight excluding hydrogens is 422 g/mol. The number of rotatable bonds is 2. The molecule has 4 heterocycles. The van der Waals surface area contributed by atoms with Crippen LogP contribution in [0.1, 0.15) is 49.6 Å². The Morgan fingerprint density at radius 1 is 0.931 bits per heavy atom. The molecule has 154 valence electrons. The molecule has 2 aliphatic heterocycles. The van der Waals surface area contributed by atoms with Crippen LogP contribution in [0.15, 0.2) is 45.1 Å². The van der Waals surface area contributed by atoms with Gasteiger partial charge in [0, 0.05) is 31.9 Å². The highest BCUT2D eigenvalue weighted by Gasteiger charge is 2.21. The van der Waals surface area contributed by atoms with Gasteiger partial charge in [0.1, 0.15) is 12.1 Å². The van der Waals surface area contributed by atoms with Gasteiger partial charge in [0.05, 0.1) is 11.4 Å². The molecule has 2 aromatic rings. The van der Waals surface area contributed by atoms with Gasteiger partial charge in [-0.2, -0.15) is 0 Å². The van der Waals surface area contributed by atoms with E-state index < -0.39 is 0 Å². The van der Waals surface area contributed by atoms with E-state index in [-0.39, 0.29) is 12.1 Å². The van der Waals surface area contributed by atoms with E-state index in [1.165, 1.54) is 30.6 Å². The maximum absolute atomic E-state index is 6.10. The van der Waals surface area contributed by atoms with Crippen LogP contribution in [0.5, 0.6) is 0 Å². The molecule has 0 spiro atoms. The van der Waals surface area contributed by atoms with Gasteiger partial charge in [-0.3, -0.25) is 4.99 Å². The summed E-state index contributed by atoms with van der Waals surface area (Å²) in [6.45, 7) is 10.6. The molecule has 2 aromatic heterocycles. The second-order valence-corrected chi connectivity index (χ2v) is 10.4. The first-order valence-corrected chi connectivity index (χ1v) is 11.3. The molecule has 5 nitrogen and oxygen atoms in total. The number of nitrogens with zero attached hydrogens (tertiary/aromatic N) is 2. The van der Waals surface area contributed by atoms with Crippen molar-refractivity contribution in [2.24, 2.45) is 15.7 Å². The largest absolute Gasteiger partial charge is 0.370 e. The van der Waals surface area contributed by atoms with Crippen molar-refractivity contribution in [3.63, 3.8) is 0 Å². The summed E-state index contributed by atoms with van der Waals surface area (Å²) in [5.41, 5.74) is 9.38. The van der Waals surface area contributed by atoms with Crippen molar-refractivity contribution >= 4 is 46.6 Å². The number of nitrogens with one attached hydrogen (secondary N) is 2. The predicted octanol–water partition coefficient (Wildman–Crippen LogP) is 5.35. The molecule has 0 amide bonds. The Morgan fingerprint density at radius 2 is 1.52 bits per heavy atom. The number of nitrogens with two attached hydrogens (primary N) is 1. The maximum Gasteiger partial charge on any atom is 0.193 e. The minimum atomic E-state index is -0.141. The van der Waals surface area contributed by atoms with Gasteiger partial charge >= 0.3 is 0 Å². The van der Waals surface area contributed by atoms with Crippen LogP contribution in [0.25, 0.3) is 0 Å². The SMILES string of the molecule is CC1=CNC=NC1c1cc(C)sc1C.Cc1cc(C2N=C(N)NC=C2Cl)c(C)s1. The zero-order valence-corrected chi connectivity index (χ0v) is 19.6. The van der Waals surface area contributed by atoms with Gasteiger partial charge < -0.3 is 16.4 Å². The Hall–Kier alpha value is -2.09. The van der Waals surface area contributed by atoms with Gasteiger partial charge in [0.2, 0.25) is 0 Å². The number of guanidine groups is 1. The third kappa shape index (κ3) is 5.10. The summed E-state index contributed by atoms with van der Waals surface area (Å²) in [6.07, 6.45) is 5.48. The van der Waals surface area contributed by atoms with Crippen LogP contribution in [-0.4, -0.2) is 12.3 Å². The fourth-order valence-corrected chi connectivity index (χ4v) is 5.47. The van der Waals surface area contributed by atoms with Crippen molar-refractivity contribution in [3.8, 4) is 0 Å². The van der Waals surface area contributed by atoms with Crippen molar-refractivity contribution in [3.05, 3.63) is 65.8 Å². The second kappa shape index (κ2) is 9.15. The monoisotopic (exact) mass is 447 g/mol. The van der Waals surface area contributed by atoms with Crippen molar-refractivity contribution < 1.29 is 0 Å².